The lowest BCUT2D eigenvalue weighted by Crippen LogP contribution is -1.99. The van der Waals surface area contributed by atoms with E-state index in [4.69, 9.17) is 28.5 Å². The summed E-state index contributed by atoms with van der Waals surface area (Å²) in [6.45, 7) is 0. The first kappa shape index (κ1) is 44.3. The van der Waals surface area contributed by atoms with Crippen LogP contribution in [0.1, 0.15) is 0 Å². The molecule has 0 aliphatic carbocycles. The largest absolute Gasteiger partial charge is 0.569 e. The molecule has 0 fully saturated rings. The maximum atomic E-state index is 8.67. The highest BCUT2D eigenvalue weighted by molar-refractivity contribution is 9.10. The maximum Gasteiger partial charge on any atom is 0.569 e. The van der Waals surface area contributed by atoms with Crippen molar-refractivity contribution in [2.75, 3.05) is 0 Å². The van der Waals surface area contributed by atoms with Gasteiger partial charge in [0.2, 0.25) is 0 Å². The summed E-state index contributed by atoms with van der Waals surface area (Å²) in [5.74, 6) is 2.39. The number of para-hydroxylation sites is 10. The van der Waals surface area contributed by atoms with Gasteiger partial charge in [-0.3, -0.25) is 9.13 Å². The van der Waals surface area contributed by atoms with Crippen molar-refractivity contribution < 1.29 is 18.5 Å². The number of benzene rings is 10. The van der Waals surface area contributed by atoms with Crippen molar-refractivity contribution in [3.63, 3.8) is 0 Å². The minimum atomic E-state index is 0.510. The van der Waals surface area contributed by atoms with Gasteiger partial charge < -0.3 is 18.5 Å². The van der Waals surface area contributed by atoms with Crippen LogP contribution < -0.4 is 4.65 Å². The van der Waals surface area contributed by atoms with Crippen molar-refractivity contribution in [3.05, 3.63) is 247 Å². The molecule has 0 saturated carbocycles. The molecule has 72 heavy (non-hydrogen) atoms. The van der Waals surface area contributed by atoms with E-state index < -0.39 is 0 Å². The number of halogens is 1. The summed E-state index contributed by atoms with van der Waals surface area (Å²) in [7, 11) is 0.655. The highest BCUT2D eigenvalue weighted by atomic mass is 79.9. The molecule has 1 N–H and O–H groups in total. The minimum Gasteiger partial charge on any atom is -0.535 e. The molecule has 8 nitrogen and oxygen atoms in total. The molecule has 0 aliphatic heterocycles. The van der Waals surface area contributed by atoms with Gasteiger partial charge in [-0.1, -0.05) is 174 Å². The van der Waals surface area contributed by atoms with Gasteiger partial charge in [0.05, 0.1) is 22.1 Å². The average molecular weight is 997 g/mol. The average Bonchev–Trinajstić information content (AvgIpc) is 4.23. The van der Waals surface area contributed by atoms with E-state index in [9.17, 15) is 0 Å². The number of aromatic nitrogens is 4. The van der Waals surface area contributed by atoms with Crippen LogP contribution in [0.4, 0.5) is 0 Å². The zero-order valence-corrected chi connectivity index (χ0v) is 40.1. The monoisotopic (exact) mass is 995 g/mol. The summed E-state index contributed by atoms with van der Waals surface area (Å²) >= 11 is 3.55. The van der Waals surface area contributed by atoms with Gasteiger partial charge in [-0.2, -0.15) is 0 Å². The number of furan rings is 2. The summed E-state index contributed by atoms with van der Waals surface area (Å²) in [5.41, 5.74) is 14.0. The molecule has 0 amide bonds. The molecule has 14 aromatic rings. The molecule has 10 aromatic carbocycles. The molecule has 10 heteroatoms. The Morgan fingerprint density at radius 1 is 0.417 bits per heavy atom. The van der Waals surface area contributed by atoms with E-state index in [1.165, 1.54) is 0 Å². The predicted molar refractivity (Wildman–Crippen MR) is 296 cm³/mol. The molecule has 4 heterocycles. The topological polar surface area (TPSA) is 91.4 Å². The maximum absolute atomic E-state index is 8.67. The Labute approximate surface area is 423 Å². The zero-order chi connectivity index (χ0) is 48.4. The lowest BCUT2D eigenvalue weighted by molar-refractivity contribution is 0.451. The Kier molecular flexibility index (Phi) is 12.0. The van der Waals surface area contributed by atoms with Crippen LogP contribution in [0.2, 0.25) is 0 Å². The van der Waals surface area contributed by atoms with E-state index in [1.807, 2.05) is 91.0 Å². The Morgan fingerprint density at radius 2 is 0.875 bits per heavy atom. The second-order valence-corrected chi connectivity index (χ2v) is 17.9. The van der Waals surface area contributed by atoms with Crippen LogP contribution in [0, 0.1) is 0 Å². The Hall–Kier alpha value is -8.96. The van der Waals surface area contributed by atoms with Crippen molar-refractivity contribution in [1.29, 1.82) is 0 Å². The van der Waals surface area contributed by atoms with Gasteiger partial charge in [-0.15, -0.1) is 0 Å². The second kappa shape index (κ2) is 19.4. The molecule has 0 spiro atoms. The number of nitrogens with zero attached hydrogens (tertiary/aromatic N) is 4. The molecule has 0 bridgehead atoms. The van der Waals surface area contributed by atoms with Crippen LogP contribution in [-0.4, -0.2) is 31.8 Å². The van der Waals surface area contributed by atoms with Crippen molar-refractivity contribution in [2.45, 2.75) is 0 Å². The predicted octanol–water partition coefficient (Wildman–Crippen LogP) is 16.2. The molecule has 4 aromatic heterocycles. The first-order valence-electron chi connectivity index (χ1n) is 23.5. The fraction of sp³-hybridized carbons (Fsp3) is 0. The SMILES string of the molecule is Brc1cccc(-c2nc3ccccc3n2-c2ccccc2)c1.O[B]Oc1cccc2c1oc1ccccc12.c1ccc(-n2c(-c3cccc(-c4cccc5c4oc4ccccc45)c3)nc3ccccc32)cc1. The Balaban J connectivity index is 0.000000120. The number of fused-ring (bicyclic) bond motifs is 8. The van der Waals surface area contributed by atoms with Crippen LogP contribution in [0.25, 0.3) is 111 Å². The molecular weight excluding hydrogens is 955 g/mol. The van der Waals surface area contributed by atoms with Crippen molar-refractivity contribution in [1.82, 2.24) is 19.1 Å². The van der Waals surface area contributed by atoms with E-state index in [-0.39, 0.29) is 0 Å². The summed E-state index contributed by atoms with van der Waals surface area (Å²) in [4.78, 5) is 9.87. The summed E-state index contributed by atoms with van der Waals surface area (Å²) in [6, 6.07) is 82.0. The van der Waals surface area contributed by atoms with E-state index in [0.717, 1.165) is 110 Å². The summed E-state index contributed by atoms with van der Waals surface area (Å²) < 4.78 is 22.5. The lowest BCUT2D eigenvalue weighted by Gasteiger charge is -2.11. The molecule has 1 radical (unpaired) electrons. The number of rotatable bonds is 7. The number of hydrogen-bond acceptors (Lipinski definition) is 6. The molecule has 14 rings (SSSR count). The van der Waals surface area contributed by atoms with Crippen molar-refractivity contribution in [3.8, 4) is 51.0 Å². The summed E-state index contributed by atoms with van der Waals surface area (Å²) in [5, 5.41) is 13.0. The molecule has 0 atom stereocenters. The lowest BCUT2D eigenvalue weighted by atomic mass is 10.00. The van der Waals surface area contributed by atoms with Gasteiger partial charge in [-0.05, 0) is 90.5 Å². The minimum absolute atomic E-state index is 0.510. The summed E-state index contributed by atoms with van der Waals surface area (Å²) in [6.07, 6.45) is 0. The van der Waals surface area contributed by atoms with E-state index in [2.05, 4.69) is 171 Å². The third kappa shape index (κ3) is 8.38. The van der Waals surface area contributed by atoms with Gasteiger partial charge in [0.25, 0.3) is 0 Å². The van der Waals surface area contributed by atoms with Gasteiger partial charge in [0.15, 0.2) is 5.58 Å². The van der Waals surface area contributed by atoms with E-state index in [1.54, 1.807) is 6.07 Å². The zero-order valence-electron chi connectivity index (χ0n) is 38.5. The third-order valence-electron chi connectivity index (χ3n) is 12.6. The van der Waals surface area contributed by atoms with Gasteiger partial charge in [0, 0.05) is 54.1 Å². The van der Waals surface area contributed by atoms with Crippen LogP contribution in [-0.2, 0) is 0 Å². The highest BCUT2D eigenvalue weighted by Gasteiger charge is 2.18. The first-order valence-corrected chi connectivity index (χ1v) is 24.2. The third-order valence-corrected chi connectivity index (χ3v) is 13.1. The second-order valence-electron chi connectivity index (χ2n) is 17.0. The van der Waals surface area contributed by atoms with Crippen LogP contribution in [0.15, 0.2) is 256 Å². The molecule has 0 aliphatic rings. The Bertz CT molecular complexity index is 4220. The molecule has 0 saturated heterocycles. The standard InChI is InChI=1S/C31H20N2O.C19H13BrN2.C12H8BO3/c1-2-12-23(13-3-1)33-28-18-6-5-17-27(28)32-31(33)22-11-8-10-21(20-22)24-15-9-16-26-25-14-4-7-19-29(25)34-30(24)26;20-15-8-6-7-14(13-15)19-21-17-11-4-5-12-18(17)22(19)16-9-2-1-3-10-16;14-13-16-11-7-3-5-9-8-4-1-2-6-10(8)15-12(9)11/h1-20H;1-13H;1-7,14H. The van der Waals surface area contributed by atoms with Crippen molar-refractivity contribution >= 4 is 89.6 Å². The molecule has 343 valence electrons. The van der Waals surface area contributed by atoms with Gasteiger partial charge >= 0.3 is 7.69 Å². The highest BCUT2D eigenvalue weighted by Crippen LogP contribution is 2.39. The molecular formula is C62H41BBrN4O4. The fourth-order valence-electron chi connectivity index (χ4n) is 9.41. The van der Waals surface area contributed by atoms with Gasteiger partial charge in [0.1, 0.15) is 34.1 Å². The van der Waals surface area contributed by atoms with Crippen LogP contribution in [0.3, 0.4) is 0 Å². The van der Waals surface area contributed by atoms with Crippen LogP contribution in [0.5, 0.6) is 5.75 Å². The number of imidazole rings is 2. The Morgan fingerprint density at radius 3 is 1.47 bits per heavy atom. The number of hydrogen-bond donors (Lipinski definition) is 1. The smallest absolute Gasteiger partial charge is 0.535 e. The quantitative estimate of drug-likeness (QED) is 0.160. The van der Waals surface area contributed by atoms with E-state index >= 15 is 0 Å². The van der Waals surface area contributed by atoms with Crippen LogP contribution >= 0.6 is 15.9 Å². The normalized spacial score (nSPS) is 11.2. The molecule has 0 unspecified atom stereocenters. The van der Waals surface area contributed by atoms with E-state index in [0.29, 0.717) is 19.0 Å². The van der Waals surface area contributed by atoms with Crippen molar-refractivity contribution in [2.24, 2.45) is 0 Å². The fourth-order valence-corrected chi connectivity index (χ4v) is 9.81. The first-order chi connectivity index (χ1) is 35.6. The van der Waals surface area contributed by atoms with Gasteiger partial charge in [-0.25, -0.2) is 9.97 Å².